The van der Waals surface area contributed by atoms with Crippen LogP contribution in [0.1, 0.15) is 17.1 Å². The summed E-state index contributed by atoms with van der Waals surface area (Å²) in [6, 6.07) is 0. The fourth-order valence-electron chi connectivity index (χ4n) is 1.69. The minimum absolute atomic E-state index is 0.280. The van der Waals surface area contributed by atoms with Gasteiger partial charge in [-0.25, -0.2) is 9.78 Å². The van der Waals surface area contributed by atoms with E-state index >= 15 is 0 Å². The lowest BCUT2D eigenvalue weighted by Crippen LogP contribution is -2.27. The fourth-order valence-corrected chi connectivity index (χ4v) is 1.99. The van der Waals surface area contributed by atoms with Crippen LogP contribution in [0.15, 0.2) is 21.7 Å². The first-order valence-corrected chi connectivity index (χ1v) is 6.54. The topological polar surface area (TPSA) is 72.7 Å². The monoisotopic (exact) mass is 323 g/mol. The molecule has 2 heterocycles. The molecule has 0 aromatic carbocycles. The van der Waals surface area contributed by atoms with Crippen LogP contribution in [-0.4, -0.2) is 26.6 Å². The maximum Gasteiger partial charge on any atom is 0.348 e. The average Bonchev–Trinajstić information content (AvgIpc) is 2.42. The Bertz CT molecular complexity index is 650. The van der Waals surface area contributed by atoms with E-state index in [2.05, 4.69) is 36.2 Å². The van der Waals surface area contributed by atoms with Gasteiger partial charge in [-0.3, -0.25) is 9.55 Å². The molecular formula is C12H14BrN5O. The van der Waals surface area contributed by atoms with Crippen molar-refractivity contribution in [2.45, 2.75) is 20.4 Å². The molecule has 0 fully saturated rings. The summed E-state index contributed by atoms with van der Waals surface area (Å²) in [6.07, 6.45) is 3.28. The average molecular weight is 324 g/mol. The van der Waals surface area contributed by atoms with Crippen molar-refractivity contribution in [1.29, 1.82) is 0 Å². The standard InChI is InChI=1S/C12H14BrN5O/c1-7-11(13)8(2)18(12(19)17-7)6-9-4-16-10(14-3)5-15-9/h4-5H,6H2,1-3H3,(H,14,16). The van der Waals surface area contributed by atoms with E-state index in [1.807, 2.05) is 6.92 Å². The van der Waals surface area contributed by atoms with Gasteiger partial charge in [0.2, 0.25) is 0 Å². The third-order valence-electron chi connectivity index (χ3n) is 2.82. The molecule has 0 aliphatic rings. The van der Waals surface area contributed by atoms with Crippen LogP contribution in [0.5, 0.6) is 0 Å². The van der Waals surface area contributed by atoms with Crippen molar-refractivity contribution in [3.05, 3.63) is 44.4 Å². The SMILES string of the molecule is CNc1cnc(Cn2c(C)c(Br)c(C)nc2=O)cn1. The van der Waals surface area contributed by atoms with E-state index in [0.29, 0.717) is 23.8 Å². The van der Waals surface area contributed by atoms with Gasteiger partial charge in [0.15, 0.2) is 0 Å². The number of hydrogen-bond donors (Lipinski definition) is 1. The number of hydrogen-bond acceptors (Lipinski definition) is 5. The number of anilines is 1. The molecule has 100 valence electrons. The highest BCUT2D eigenvalue weighted by Crippen LogP contribution is 2.17. The molecule has 0 unspecified atom stereocenters. The second-order valence-corrected chi connectivity index (χ2v) is 4.90. The number of aromatic nitrogens is 4. The van der Waals surface area contributed by atoms with Gasteiger partial charge in [0.05, 0.1) is 34.8 Å². The summed E-state index contributed by atoms with van der Waals surface area (Å²) in [5.74, 6) is 0.691. The third kappa shape index (κ3) is 2.81. The number of nitrogens with zero attached hydrogens (tertiary/aromatic N) is 4. The van der Waals surface area contributed by atoms with E-state index in [1.54, 1.807) is 30.9 Å². The highest BCUT2D eigenvalue weighted by Gasteiger charge is 2.10. The van der Waals surface area contributed by atoms with Crippen LogP contribution in [0.4, 0.5) is 5.82 Å². The molecule has 2 rings (SSSR count). The minimum atomic E-state index is -0.280. The molecule has 0 aliphatic heterocycles. The molecule has 0 atom stereocenters. The van der Waals surface area contributed by atoms with E-state index < -0.39 is 0 Å². The van der Waals surface area contributed by atoms with Crippen LogP contribution in [0.2, 0.25) is 0 Å². The third-order valence-corrected chi connectivity index (χ3v) is 3.96. The van der Waals surface area contributed by atoms with Crippen LogP contribution < -0.4 is 11.0 Å². The van der Waals surface area contributed by atoms with Crippen LogP contribution in [0.25, 0.3) is 0 Å². The molecule has 0 saturated carbocycles. The first-order valence-electron chi connectivity index (χ1n) is 5.75. The lowest BCUT2D eigenvalue weighted by atomic mass is 10.3. The van der Waals surface area contributed by atoms with E-state index in [1.165, 1.54) is 0 Å². The first kappa shape index (κ1) is 13.7. The van der Waals surface area contributed by atoms with E-state index in [-0.39, 0.29) is 5.69 Å². The Balaban J connectivity index is 2.38. The molecule has 19 heavy (non-hydrogen) atoms. The summed E-state index contributed by atoms with van der Waals surface area (Å²) in [4.78, 5) is 24.3. The molecule has 0 spiro atoms. The second kappa shape index (κ2) is 5.48. The molecule has 0 saturated heterocycles. The highest BCUT2D eigenvalue weighted by molar-refractivity contribution is 9.10. The number of halogens is 1. The van der Waals surface area contributed by atoms with Crippen molar-refractivity contribution in [3.8, 4) is 0 Å². The smallest absolute Gasteiger partial charge is 0.348 e. The highest BCUT2D eigenvalue weighted by atomic mass is 79.9. The molecule has 6 nitrogen and oxygen atoms in total. The summed E-state index contributed by atoms with van der Waals surface area (Å²) in [6.45, 7) is 4.02. The Morgan fingerprint density at radius 3 is 2.63 bits per heavy atom. The number of aryl methyl sites for hydroxylation is 1. The molecule has 0 bridgehead atoms. The van der Waals surface area contributed by atoms with Crippen molar-refractivity contribution in [1.82, 2.24) is 19.5 Å². The van der Waals surface area contributed by atoms with Gasteiger partial charge in [0.1, 0.15) is 5.82 Å². The Morgan fingerprint density at radius 2 is 2.05 bits per heavy atom. The first-order chi connectivity index (χ1) is 9.02. The zero-order valence-electron chi connectivity index (χ0n) is 10.9. The van der Waals surface area contributed by atoms with Crippen LogP contribution in [0.3, 0.4) is 0 Å². The van der Waals surface area contributed by atoms with Crippen molar-refractivity contribution in [2.75, 3.05) is 12.4 Å². The summed E-state index contributed by atoms with van der Waals surface area (Å²) >= 11 is 3.43. The van der Waals surface area contributed by atoms with Gasteiger partial charge in [-0.2, -0.15) is 4.98 Å². The predicted octanol–water partition coefficient (Wildman–Crippen LogP) is 1.50. The van der Waals surface area contributed by atoms with Crippen LogP contribution in [0, 0.1) is 13.8 Å². The molecule has 2 aromatic heterocycles. The lowest BCUT2D eigenvalue weighted by Gasteiger charge is -2.11. The van der Waals surface area contributed by atoms with Crippen LogP contribution >= 0.6 is 15.9 Å². The van der Waals surface area contributed by atoms with Gasteiger partial charge in [-0.05, 0) is 29.8 Å². The van der Waals surface area contributed by atoms with E-state index in [4.69, 9.17) is 0 Å². The van der Waals surface area contributed by atoms with Gasteiger partial charge in [-0.15, -0.1) is 0 Å². The normalized spacial score (nSPS) is 10.5. The Hall–Kier alpha value is -1.76. The van der Waals surface area contributed by atoms with Crippen molar-refractivity contribution < 1.29 is 0 Å². The minimum Gasteiger partial charge on any atom is -0.372 e. The molecular weight excluding hydrogens is 310 g/mol. The van der Waals surface area contributed by atoms with Gasteiger partial charge in [-0.1, -0.05) is 0 Å². The summed E-state index contributed by atoms with van der Waals surface area (Å²) < 4.78 is 2.41. The molecule has 1 N–H and O–H groups in total. The van der Waals surface area contributed by atoms with Gasteiger partial charge in [0, 0.05) is 12.7 Å². The summed E-state index contributed by atoms with van der Waals surface area (Å²) in [5.41, 5.74) is 1.95. The molecule has 0 radical (unpaired) electrons. The predicted molar refractivity (Wildman–Crippen MR) is 76.4 cm³/mol. The van der Waals surface area contributed by atoms with E-state index in [0.717, 1.165) is 10.2 Å². The van der Waals surface area contributed by atoms with Gasteiger partial charge < -0.3 is 5.32 Å². The Labute approximate surface area is 119 Å². The molecule has 0 amide bonds. The maximum atomic E-state index is 11.9. The lowest BCUT2D eigenvalue weighted by molar-refractivity contribution is 0.673. The fraction of sp³-hybridized carbons (Fsp3) is 0.333. The van der Waals surface area contributed by atoms with Crippen molar-refractivity contribution >= 4 is 21.7 Å². The molecule has 0 aliphatic carbocycles. The Morgan fingerprint density at radius 1 is 1.32 bits per heavy atom. The second-order valence-electron chi connectivity index (χ2n) is 4.11. The quantitative estimate of drug-likeness (QED) is 0.926. The van der Waals surface area contributed by atoms with Gasteiger partial charge in [0.25, 0.3) is 0 Å². The van der Waals surface area contributed by atoms with E-state index in [9.17, 15) is 4.79 Å². The molecule has 7 heteroatoms. The zero-order valence-corrected chi connectivity index (χ0v) is 12.5. The summed E-state index contributed by atoms with van der Waals surface area (Å²) in [5, 5.41) is 2.90. The van der Waals surface area contributed by atoms with Crippen molar-refractivity contribution in [2.24, 2.45) is 0 Å². The maximum absolute atomic E-state index is 11.9. The Kier molecular flexibility index (Phi) is 3.94. The number of rotatable bonds is 3. The summed E-state index contributed by atoms with van der Waals surface area (Å²) in [7, 11) is 1.78. The number of nitrogens with one attached hydrogen (secondary N) is 1. The molecule has 2 aromatic rings. The van der Waals surface area contributed by atoms with Gasteiger partial charge >= 0.3 is 5.69 Å². The zero-order chi connectivity index (χ0) is 14.0. The van der Waals surface area contributed by atoms with Crippen molar-refractivity contribution in [3.63, 3.8) is 0 Å². The largest absolute Gasteiger partial charge is 0.372 e. The van der Waals surface area contributed by atoms with Crippen LogP contribution in [-0.2, 0) is 6.54 Å².